The summed E-state index contributed by atoms with van der Waals surface area (Å²) in [6, 6.07) is 2.48. The Balaban J connectivity index is 2.12. The quantitative estimate of drug-likeness (QED) is 0.783. The van der Waals surface area contributed by atoms with Crippen molar-refractivity contribution in [1.82, 2.24) is 10.3 Å². The maximum atomic E-state index is 6.22. The zero-order valence-electron chi connectivity index (χ0n) is 12.2. The van der Waals surface area contributed by atoms with Gasteiger partial charge in [0.2, 0.25) is 0 Å². The molecule has 0 atom stereocenters. The van der Waals surface area contributed by atoms with Gasteiger partial charge in [-0.1, -0.05) is 31.4 Å². The second kappa shape index (κ2) is 6.97. The van der Waals surface area contributed by atoms with Crippen LogP contribution >= 0.6 is 11.6 Å². The van der Waals surface area contributed by atoms with Gasteiger partial charge in [0.05, 0.1) is 11.6 Å². The number of nitrogens with one attached hydrogen (secondary N) is 1. The highest BCUT2D eigenvalue weighted by Crippen LogP contribution is 2.31. The van der Waals surface area contributed by atoms with E-state index in [0.717, 1.165) is 30.4 Å². The Kier molecular flexibility index (Phi) is 5.28. The number of hydrogen-bond acceptors (Lipinski definition) is 3. The highest BCUT2D eigenvalue weighted by atomic mass is 35.5. The molecule has 1 N–H and O–H groups in total. The molecule has 0 amide bonds. The molecule has 0 unspecified atom stereocenters. The molecule has 3 nitrogen and oxygen atoms in total. The number of nitrogens with zero attached hydrogens (tertiary/aromatic N) is 2. The molecule has 1 saturated carbocycles. The van der Waals surface area contributed by atoms with Crippen molar-refractivity contribution in [2.24, 2.45) is 5.92 Å². The summed E-state index contributed by atoms with van der Waals surface area (Å²) in [7, 11) is 0. The van der Waals surface area contributed by atoms with Crippen molar-refractivity contribution in [2.75, 3.05) is 18.0 Å². The molecule has 0 saturated heterocycles. The van der Waals surface area contributed by atoms with Gasteiger partial charge in [-0.05, 0) is 30.4 Å². The van der Waals surface area contributed by atoms with Crippen LogP contribution in [0.4, 0.5) is 5.82 Å². The van der Waals surface area contributed by atoms with Crippen molar-refractivity contribution in [3.63, 3.8) is 0 Å². The second-order valence-electron chi connectivity index (χ2n) is 5.70. The van der Waals surface area contributed by atoms with Gasteiger partial charge in [0.1, 0.15) is 5.82 Å². The third-order valence-corrected chi connectivity index (χ3v) is 3.74. The Morgan fingerprint density at radius 2 is 2.30 bits per heavy atom. The van der Waals surface area contributed by atoms with Gasteiger partial charge in [0.15, 0.2) is 0 Å². The minimum absolute atomic E-state index is 0.427. The zero-order valence-corrected chi connectivity index (χ0v) is 13.0. The lowest BCUT2D eigenvalue weighted by molar-refractivity contribution is 0.588. The van der Waals surface area contributed by atoms with Gasteiger partial charge in [-0.2, -0.15) is 0 Å². The minimum atomic E-state index is 0.427. The predicted octanol–water partition coefficient (Wildman–Crippen LogP) is 3.08. The molecule has 1 aromatic rings. The Morgan fingerprint density at radius 1 is 1.55 bits per heavy atom. The van der Waals surface area contributed by atoms with Crippen LogP contribution in [0.15, 0.2) is 12.3 Å². The average Bonchev–Trinajstić information content (AvgIpc) is 3.21. The normalized spacial score (nSPS) is 14.3. The van der Waals surface area contributed by atoms with Crippen LogP contribution in [-0.2, 0) is 6.54 Å². The van der Waals surface area contributed by atoms with E-state index in [-0.39, 0.29) is 0 Å². The van der Waals surface area contributed by atoms with Crippen LogP contribution in [0.2, 0.25) is 5.02 Å². The summed E-state index contributed by atoms with van der Waals surface area (Å²) in [5, 5.41) is 4.09. The standard InChI is InChI=1S/C16H22ClN3/c1-4-7-20(11-13-5-6-13)16-8-14(9-18-12(2)3)15(17)10-19-16/h1,8,10,12-13,18H,5-7,9,11H2,2-3H3. The zero-order chi connectivity index (χ0) is 14.5. The van der Waals surface area contributed by atoms with Crippen molar-refractivity contribution >= 4 is 17.4 Å². The maximum Gasteiger partial charge on any atom is 0.129 e. The Hall–Kier alpha value is -1.24. The molecule has 1 heterocycles. The van der Waals surface area contributed by atoms with E-state index in [9.17, 15) is 0 Å². The van der Waals surface area contributed by atoms with Crippen LogP contribution in [0.5, 0.6) is 0 Å². The monoisotopic (exact) mass is 291 g/mol. The number of rotatable bonds is 7. The van der Waals surface area contributed by atoms with Crippen LogP contribution in [0.3, 0.4) is 0 Å². The van der Waals surface area contributed by atoms with Crippen LogP contribution in [-0.4, -0.2) is 24.1 Å². The van der Waals surface area contributed by atoms with E-state index in [1.165, 1.54) is 12.8 Å². The minimum Gasteiger partial charge on any atom is -0.345 e. The molecule has 0 radical (unpaired) electrons. The highest BCUT2D eigenvalue weighted by Gasteiger charge is 2.24. The van der Waals surface area contributed by atoms with E-state index in [4.69, 9.17) is 18.0 Å². The third kappa shape index (κ3) is 4.40. The number of terminal acetylenes is 1. The maximum absolute atomic E-state index is 6.22. The Bertz CT molecular complexity index is 489. The molecular formula is C16H22ClN3. The molecule has 1 aliphatic rings. The van der Waals surface area contributed by atoms with Crippen molar-refractivity contribution in [1.29, 1.82) is 0 Å². The van der Waals surface area contributed by atoms with Gasteiger partial charge in [-0.25, -0.2) is 4.98 Å². The van der Waals surface area contributed by atoms with E-state index in [2.05, 4.69) is 41.0 Å². The summed E-state index contributed by atoms with van der Waals surface area (Å²) in [6.45, 7) is 6.58. The first-order valence-electron chi connectivity index (χ1n) is 7.16. The second-order valence-corrected chi connectivity index (χ2v) is 6.10. The molecule has 0 aliphatic heterocycles. The first-order chi connectivity index (χ1) is 9.60. The first kappa shape index (κ1) is 15.2. The van der Waals surface area contributed by atoms with E-state index in [1.54, 1.807) is 6.20 Å². The summed E-state index contributed by atoms with van der Waals surface area (Å²) in [5.41, 5.74) is 1.07. The number of halogens is 1. The summed E-state index contributed by atoms with van der Waals surface area (Å²) >= 11 is 6.22. The summed E-state index contributed by atoms with van der Waals surface area (Å²) < 4.78 is 0. The fraction of sp³-hybridized carbons (Fsp3) is 0.562. The number of hydrogen-bond donors (Lipinski definition) is 1. The molecule has 1 fully saturated rings. The van der Waals surface area contributed by atoms with Crippen LogP contribution in [0.1, 0.15) is 32.3 Å². The lowest BCUT2D eigenvalue weighted by Gasteiger charge is -2.22. The van der Waals surface area contributed by atoms with Crippen molar-refractivity contribution < 1.29 is 0 Å². The fourth-order valence-electron chi connectivity index (χ4n) is 2.05. The van der Waals surface area contributed by atoms with Crippen LogP contribution in [0, 0.1) is 18.3 Å². The molecule has 108 valence electrons. The van der Waals surface area contributed by atoms with E-state index < -0.39 is 0 Å². The molecule has 1 aromatic heterocycles. The Morgan fingerprint density at radius 3 is 2.90 bits per heavy atom. The molecule has 0 aromatic carbocycles. The van der Waals surface area contributed by atoms with Gasteiger partial charge in [0, 0.05) is 25.3 Å². The van der Waals surface area contributed by atoms with Gasteiger partial charge >= 0.3 is 0 Å². The van der Waals surface area contributed by atoms with Crippen molar-refractivity contribution in [2.45, 2.75) is 39.3 Å². The first-order valence-corrected chi connectivity index (χ1v) is 7.54. The fourth-order valence-corrected chi connectivity index (χ4v) is 2.22. The SMILES string of the molecule is C#CCN(CC1CC1)c1cc(CNC(C)C)c(Cl)cn1. The molecule has 0 spiro atoms. The van der Waals surface area contributed by atoms with E-state index >= 15 is 0 Å². The van der Waals surface area contributed by atoms with Gasteiger partial charge in [-0.15, -0.1) is 6.42 Å². The third-order valence-electron chi connectivity index (χ3n) is 3.40. The van der Waals surface area contributed by atoms with Crippen LogP contribution in [0.25, 0.3) is 0 Å². The van der Waals surface area contributed by atoms with Gasteiger partial charge < -0.3 is 10.2 Å². The number of aromatic nitrogens is 1. The number of anilines is 1. The van der Waals surface area contributed by atoms with E-state index in [0.29, 0.717) is 17.6 Å². The Labute approximate surface area is 126 Å². The smallest absolute Gasteiger partial charge is 0.129 e. The molecule has 0 bridgehead atoms. The lowest BCUT2D eigenvalue weighted by Crippen LogP contribution is -2.27. The van der Waals surface area contributed by atoms with Crippen molar-refractivity contribution in [3.8, 4) is 12.3 Å². The number of pyridine rings is 1. The topological polar surface area (TPSA) is 28.2 Å². The summed E-state index contributed by atoms with van der Waals surface area (Å²) in [6.07, 6.45) is 9.80. The molecule has 4 heteroatoms. The van der Waals surface area contributed by atoms with Gasteiger partial charge in [0.25, 0.3) is 0 Å². The largest absolute Gasteiger partial charge is 0.345 e. The summed E-state index contributed by atoms with van der Waals surface area (Å²) in [5.74, 6) is 4.43. The molecule has 20 heavy (non-hydrogen) atoms. The van der Waals surface area contributed by atoms with Gasteiger partial charge in [-0.3, -0.25) is 0 Å². The average molecular weight is 292 g/mol. The highest BCUT2D eigenvalue weighted by molar-refractivity contribution is 6.31. The predicted molar refractivity (Wildman–Crippen MR) is 85.0 cm³/mol. The van der Waals surface area contributed by atoms with E-state index in [1.807, 2.05) is 0 Å². The molecule has 1 aliphatic carbocycles. The van der Waals surface area contributed by atoms with Crippen LogP contribution < -0.4 is 10.2 Å². The molecular weight excluding hydrogens is 270 g/mol. The van der Waals surface area contributed by atoms with Crippen molar-refractivity contribution in [3.05, 3.63) is 22.8 Å². The lowest BCUT2D eigenvalue weighted by atomic mass is 10.2. The summed E-state index contributed by atoms with van der Waals surface area (Å²) in [4.78, 5) is 6.61. The molecule has 2 rings (SSSR count).